The van der Waals surface area contributed by atoms with Gasteiger partial charge in [0.15, 0.2) is 29.2 Å². The first-order valence-electron chi connectivity index (χ1n) is 34.3. The van der Waals surface area contributed by atoms with E-state index in [0.29, 0.717) is 86.0 Å². The molecule has 0 radical (unpaired) electrons. The number of aryl methyl sites for hydroxylation is 4. The number of hydrogen-bond donors (Lipinski definition) is 5. The number of phenols is 2. The summed E-state index contributed by atoms with van der Waals surface area (Å²) in [5.41, 5.74) is 10.7. The second kappa shape index (κ2) is 21.9. The molecule has 0 aromatic heterocycles. The fourth-order valence-corrected chi connectivity index (χ4v) is 21.6. The Kier molecular flexibility index (Phi) is 14.8. The maximum Gasteiger partial charge on any atom is 0.197 e. The maximum absolute atomic E-state index is 12.6. The standard InChI is InChI=1S/C21H27NO2.C19H25NO3.C19H23NO3.C17H19NO3/c1-14-2-5-16-11-19-21(24)7-6-17(23)12-20(21,18(16)10-14)8-9-22(19)13-15-3-4-15;2*1-11-4-5-12-8-14-13-9-16(23-3)15(21)10-19(13,6-7-20(14)2)17(12)18(11)22;1-9-2-3-10-8-12-17(20)5-4-11(19)15-16(17,6-7-18-12)13(10)14(9)21-15/h2,5,10,15,19,24H,3-4,6-9,11-13H2,1H3;4-5,13-14,16,22H,6-10H2,1-3H3;4-5,9,13-14,22H,6-8,10H2,1-3H3;2-3,12,15,18,20H,4-8H2,1H3/t19-,20-,21-;13-,14+,16?,19-;13-,14+,19-;12-,15+,16+,17-/m0110/s1. The van der Waals surface area contributed by atoms with Gasteiger partial charge in [-0.1, -0.05) is 60.2 Å². The average molecular weight is 1240 g/mol. The van der Waals surface area contributed by atoms with Gasteiger partial charge in [0.2, 0.25) is 0 Å². The van der Waals surface area contributed by atoms with Crippen LogP contribution in [0.25, 0.3) is 0 Å². The molecule has 4 saturated carbocycles. The molecule has 0 amide bonds. The monoisotopic (exact) mass is 1240 g/mol. The number of aliphatic hydroxyl groups is 2. The van der Waals surface area contributed by atoms with Crippen LogP contribution in [0.2, 0.25) is 0 Å². The van der Waals surface area contributed by atoms with Crippen molar-refractivity contribution in [2.45, 2.75) is 213 Å². The Bertz CT molecular complexity index is 3750. The predicted octanol–water partition coefficient (Wildman–Crippen LogP) is 8.27. The topological polar surface area (TPSA) is 199 Å². The molecule has 484 valence electrons. The summed E-state index contributed by atoms with van der Waals surface area (Å²) in [6.45, 7) is 13.0. The number of likely N-dealkylation sites (tertiary alicyclic amines) is 3. The summed E-state index contributed by atoms with van der Waals surface area (Å²) in [4.78, 5) is 57.5. The normalized spacial score (nSPS) is 37.5. The van der Waals surface area contributed by atoms with Gasteiger partial charge in [0.25, 0.3) is 0 Å². The number of hydrogen-bond acceptors (Lipinski definition) is 15. The van der Waals surface area contributed by atoms with Crippen LogP contribution < -0.4 is 10.1 Å². The summed E-state index contributed by atoms with van der Waals surface area (Å²) in [5.74, 6) is 4.34. The SMILES string of the molecule is COC1=C[C@@H]2[C@@H]3Cc4ccc(C)c(O)c4[C@]2(CCN3C)CC1=O.COC1C[C@@H]2[C@@H]3Cc4ccc(C)c(O)c4[C@]2(CCN3C)CC1=O.Cc1ccc2c(c1)[C@@]13CCN(CC4CC4)[C@@H](C2)[C@@]1(O)CCC(=O)C3.Cc1ccc2c3c1O[C@@H]1C(=O)CC[C@]4(O)[C@H](C2)NCC[C@@]314. The van der Waals surface area contributed by atoms with E-state index < -0.39 is 22.7 Å². The van der Waals surface area contributed by atoms with Crippen LogP contribution in [0.15, 0.2) is 66.4 Å². The third-order valence-corrected chi connectivity index (χ3v) is 26.5. The number of fused-ring (bicyclic) bond motifs is 3. The van der Waals surface area contributed by atoms with Gasteiger partial charge in [0, 0.05) is 109 Å². The van der Waals surface area contributed by atoms with Crippen LogP contribution in [-0.2, 0) is 76.0 Å². The first-order valence-corrected chi connectivity index (χ1v) is 34.3. The number of benzene rings is 4. The number of nitrogens with zero attached hydrogens (tertiary/aromatic N) is 3. The average Bonchev–Trinajstić information content (AvgIpc) is 1.65. The Morgan fingerprint density at radius 1 is 0.659 bits per heavy atom. The number of carbonyl (C=O) groups is 4. The molecule has 15 heteroatoms. The number of rotatable bonds is 4. The van der Waals surface area contributed by atoms with Crippen molar-refractivity contribution >= 4 is 23.1 Å². The first kappa shape index (κ1) is 61.4. The van der Waals surface area contributed by atoms with Crippen LogP contribution >= 0.6 is 0 Å². The molecule has 5 N–H and O–H groups in total. The van der Waals surface area contributed by atoms with Crippen molar-refractivity contribution in [1.29, 1.82) is 0 Å². The van der Waals surface area contributed by atoms with Crippen LogP contribution in [0.4, 0.5) is 0 Å². The smallest absolute Gasteiger partial charge is 0.197 e. The summed E-state index contributed by atoms with van der Waals surface area (Å²) in [5, 5.41) is 48.5. The number of phenolic OH excluding ortho intramolecular Hbond substituents is 2. The molecule has 18 rings (SSSR count). The molecule has 91 heavy (non-hydrogen) atoms. The van der Waals surface area contributed by atoms with Crippen LogP contribution in [0.1, 0.15) is 157 Å². The molecule has 4 aromatic rings. The van der Waals surface area contributed by atoms with Gasteiger partial charge in [-0.05, 0) is 214 Å². The number of carbonyl (C=O) groups excluding carboxylic acids is 4. The van der Waals surface area contributed by atoms with E-state index in [2.05, 4.69) is 83.5 Å². The van der Waals surface area contributed by atoms with E-state index in [1.807, 2.05) is 39.0 Å². The highest BCUT2D eigenvalue weighted by molar-refractivity contribution is 5.96. The molecule has 8 bridgehead atoms. The van der Waals surface area contributed by atoms with Crippen molar-refractivity contribution in [1.82, 2.24) is 20.0 Å². The molecular formula is C76H94N4O11. The van der Waals surface area contributed by atoms with Crippen molar-refractivity contribution in [2.24, 2.45) is 17.8 Å². The zero-order valence-corrected chi connectivity index (χ0v) is 54.7. The van der Waals surface area contributed by atoms with Crippen molar-refractivity contribution in [3.63, 3.8) is 0 Å². The summed E-state index contributed by atoms with van der Waals surface area (Å²) in [6, 6.07) is 20.2. The van der Waals surface area contributed by atoms with Gasteiger partial charge in [-0.15, -0.1) is 0 Å². The number of piperidine rings is 4. The third-order valence-electron chi connectivity index (χ3n) is 26.5. The number of methoxy groups -OCH3 is 2. The molecule has 9 aliphatic carbocycles. The number of Topliss-reactive ketones (excluding diaryl/α,β-unsaturated/α-hetero) is 4. The van der Waals surface area contributed by atoms with Crippen molar-refractivity contribution in [2.75, 3.05) is 61.0 Å². The minimum absolute atomic E-state index is 0.0339. The highest BCUT2D eigenvalue weighted by Gasteiger charge is 2.72. The predicted molar refractivity (Wildman–Crippen MR) is 345 cm³/mol. The largest absolute Gasteiger partial charge is 0.507 e. The second-order valence-corrected chi connectivity index (χ2v) is 30.8. The molecule has 5 aliphatic heterocycles. The fourth-order valence-electron chi connectivity index (χ4n) is 21.6. The number of ether oxygens (including phenoxy) is 3. The van der Waals surface area contributed by atoms with Gasteiger partial charge in [0.1, 0.15) is 29.1 Å². The maximum atomic E-state index is 12.6. The van der Waals surface area contributed by atoms with E-state index in [0.717, 1.165) is 136 Å². The molecule has 15 nitrogen and oxygen atoms in total. The number of aromatic hydroxyl groups is 2. The molecule has 14 atom stereocenters. The minimum Gasteiger partial charge on any atom is -0.507 e. The lowest BCUT2D eigenvalue weighted by molar-refractivity contribution is -0.173. The Labute approximate surface area is 536 Å². The van der Waals surface area contributed by atoms with E-state index in [9.17, 15) is 39.6 Å². The van der Waals surface area contributed by atoms with Gasteiger partial charge < -0.3 is 49.8 Å². The van der Waals surface area contributed by atoms with Gasteiger partial charge in [-0.3, -0.25) is 24.1 Å². The van der Waals surface area contributed by atoms with E-state index in [4.69, 9.17) is 14.2 Å². The quantitative estimate of drug-likeness (QED) is 0.131. The van der Waals surface area contributed by atoms with Crippen LogP contribution in [0, 0.1) is 45.4 Å². The van der Waals surface area contributed by atoms with Gasteiger partial charge in [-0.2, -0.15) is 0 Å². The van der Waals surface area contributed by atoms with Crippen molar-refractivity contribution in [3.8, 4) is 17.2 Å². The molecular weight excluding hydrogens is 1140 g/mol. The van der Waals surface area contributed by atoms with E-state index in [1.165, 1.54) is 46.2 Å². The summed E-state index contributed by atoms with van der Waals surface area (Å²) < 4.78 is 16.9. The highest BCUT2D eigenvalue weighted by Crippen LogP contribution is 2.64. The van der Waals surface area contributed by atoms with Crippen molar-refractivity contribution in [3.05, 3.63) is 133 Å². The molecule has 14 aliphatic rings. The lowest BCUT2D eigenvalue weighted by Crippen LogP contribution is -2.76. The highest BCUT2D eigenvalue weighted by atomic mass is 16.5. The minimum atomic E-state index is -0.851. The number of likely N-dealkylation sites (N-methyl/N-ethyl adjacent to an activating group) is 2. The molecule has 1 spiro atoms. The zero-order valence-electron chi connectivity index (χ0n) is 54.7. The van der Waals surface area contributed by atoms with Gasteiger partial charge in [0.05, 0.1) is 23.7 Å². The summed E-state index contributed by atoms with van der Waals surface area (Å²) in [7, 11) is 7.55. The third kappa shape index (κ3) is 8.88. The van der Waals surface area contributed by atoms with Gasteiger partial charge >= 0.3 is 0 Å². The van der Waals surface area contributed by atoms with E-state index in [1.54, 1.807) is 14.2 Å². The summed E-state index contributed by atoms with van der Waals surface area (Å²) in [6.07, 6.45) is 15.5. The van der Waals surface area contributed by atoms with E-state index in [-0.39, 0.29) is 57.7 Å². The molecule has 4 aromatic carbocycles. The number of nitrogens with one attached hydrogen (secondary N) is 1. The molecule has 8 fully saturated rings. The zero-order chi connectivity index (χ0) is 63.6. The molecule has 5 heterocycles. The lowest BCUT2D eigenvalue weighted by Gasteiger charge is -2.63. The summed E-state index contributed by atoms with van der Waals surface area (Å²) >= 11 is 0. The Hall–Kier alpha value is -5.78. The van der Waals surface area contributed by atoms with Crippen LogP contribution in [0.5, 0.6) is 17.2 Å². The molecule has 1 unspecified atom stereocenters. The lowest BCUT2D eigenvalue weighted by atomic mass is 9.49. The van der Waals surface area contributed by atoms with E-state index >= 15 is 0 Å². The van der Waals surface area contributed by atoms with Crippen LogP contribution in [0.3, 0.4) is 0 Å². The Morgan fingerprint density at radius 3 is 2.01 bits per heavy atom. The molecule has 4 saturated heterocycles. The first-order chi connectivity index (χ1) is 43.5. The fraction of sp³-hybridized carbons (Fsp3) is 0.605. The second-order valence-electron chi connectivity index (χ2n) is 30.8. The number of allylic oxidation sites excluding steroid dienone is 1. The van der Waals surface area contributed by atoms with Crippen LogP contribution in [-0.4, -0.2) is 167 Å². The van der Waals surface area contributed by atoms with Crippen molar-refractivity contribution < 1.29 is 53.8 Å². The van der Waals surface area contributed by atoms with Gasteiger partial charge in [-0.25, -0.2) is 0 Å². The Morgan fingerprint density at radius 2 is 1.31 bits per heavy atom. The Balaban J connectivity index is 0.000000101. The number of ketones is 4.